The minimum Gasteiger partial charge on any atom is -0.268 e. The molecule has 1 heterocycles. The standard InChI is InChI=1S/C16H12F2N2/c17-14-5-3-4-12(8-14)10-20-11-13(9-19-20)15-6-1-2-7-16(15)18/h1-9,11H,10H2. The highest BCUT2D eigenvalue weighted by Crippen LogP contribution is 2.21. The van der Waals surface area contributed by atoms with Crippen molar-refractivity contribution in [3.8, 4) is 11.1 Å². The number of aromatic nitrogens is 2. The second-order valence-corrected chi connectivity index (χ2v) is 4.54. The van der Waals surface area contributed by atoms with Crippen molar-refractivity contribution < 1.29 is 8.78 Å². The molecule has 0 saturated carbocycles. The third-order valence-electron chi connectivity index (χ3n) is 3.05. The van der Waals surface area contributed by atoms with Gasteiger partial charge in [-0.2, -0.15) is 5.10 Å². The van der Waals surface area contributed by atoms with Crippen LogP contribution >= 0.6 is 0 Å². The molecule has 0 unspecified atom stereocenters. The zero-order valence-corrected chi connectivity index (χ0v) is 10.6. The second kappa shape index (κ2) is 5.25. The topological polar surface area (TPSA) is 17.8 Å². The van der Waals surface area contributed by atoms with E-state index >= 15 is 0 Å². The molecule has 4 heteroatoms. The normalized spacial score (nSPS) is 10.7. The number of hydrogen-bond acceptors (Lipinski definition) is 1. The first kappa shape index (κ1) is 12.5. The molecule has 3 aromatic rings. The smallest absolute Gasteiger partial charge is 0.131 e. The van der Waals surface area contributed by atoms with Crippen molar-refractivity contribution in [1.82, 2.24) is 9.78 Å². The van der Waals surface area contributed by atoms with Gasteiger partial charge in [-0.25, -0.2) is 8.78 Å². The van der Waals surface area contributed by atoms with Crippen molar-refractivity contribution in [2.45, 2.75) is 6.54 Å². The zero-order valence-electron chi connectivity index (χ0n) is 10.6. The highest BCUT2D eigenvalue weighted by molar-refractivity contribution is 5.62. The van der Waals surface area contributed by atoms with Crippen molar-refractivity contribution in [1.29, 1.82) is 0 Å². The maximum Gasteiger partial charge on any atom is 0.131 e. The Morgan fingerprint density at radius 1 is 1.00 bits per heavy atom. The summed E-state index contributed by atoms with van der Waals surface area (Å²) in [5.41, 5.74) is 2.03. The maximum absolute atomic E-state index is 13.7. The number of halogens is 2. The van der Waals surface area contributed by atoms with Crippen LogP contribution in [0.3, 0.4) is 0 Å². The predicted octanol–water partition coefficient (Wildman–Crippen LogP) is 3.88. The van der Waals surface area contributed by atoms with E-state index in [9.17, 15) is 8.78 Å². The van der Waals surface area contributed by atoms with Crippen LogP contribution in [-0.4, -0.2) is 9.78 Å². The van der Waals surface area contributed by atoms with Gasteiger partial charge in [0.15, 0.2) is 0 Å². The highest BCUT2D eigenvalue weighted by atomic mass is 19.1. The van der Waals surface area contributed by atoms with Gasteiger partial charge in [-0.05, 0) is 23.8 Å². The Balaban J connectivity index is 1.86. The predicted molar refractivity (Wildman–Crippen MR) is 73.1 cm³/mol. The Morgan fingerprint density at radius 3 is 2.65 bits per heavy atom. The summed E-state index contributed by atoms with van der Waals surface area (Å²) in [6.45, 7) is 0.451. The molecule has 0 atom stereocenters. The van der Waals surface area contributed by atoms with Crippen LogP contribution in [0.25, 0.3) is 11.1 Å². The van der Waals surface area contributed by atoms with E-state index in [4.69, 9.17) is 0 Å². The third kappa shape index (κ3) is 2.59. The Kier molecular flexibility index (Phi) is 3.29. The number of rotatable bonds is 3. The molecule has 0 radical (unpaired) electrons. The summed E-state index contributed by atoms with van der Waals surface area (Å²) in [5, 5.41) is 4.19. The second-order valence-electron chi connectivity index (χ2n) is 4.54. The Hall–Kier alpha value is -2.49. The van der Waals surface area contributed by atoms with Crippen LogP contribution in [0.2, 0.25) is 0 Å². The maximum atomic E-state index is 13.7. The number of benzene rings is 2. The van der Waals surface area contributed by atoms with Crippen LogP contribution in [0, 0.1) is 11.6 Å². The van der Waals surface area contributed by atoms with Crippen LogP contribution in [0.15, 0.2) is 60.9 Å². The molecule has 0 fully saturated rings. The van der Waals surface area contributed by atoms with E-state index in [-0.39, 0.29) is 11.6 Å². The lowest BCUT2D eigenvalue weighted by Gasteiger charge is -2.02. The van der Waals surface area contributed by atoms with Crippen molar-refractivity contribution in [3.63, 3.8) is 0 Å². The average Bonchev–Trinajstić information content (AvgIpc) is 2.87. The molecule has 1 aromatic heterocycles. The number of nitrogens with zero attached hydrogens (tertiary/aromatic N) is 2. The lowest BCUT2D eigenvalue weighted by Crippen LogP contribution is -1.99. The molecule has 20 heavy (non-hydrogen) atoms. The van der Waals surface area contributed by atoms with Gasteiger partial charge in [0, 0.05) is 17.3 Å². The lowest BCUT2D eigenvalue weighted by atomic mass is 10.1. The first-order valence-electron chi connectivity index (χ1n) is 6.24. The molecular formula is C16H12F2N2. The summed E-state index contributed by atoms with van der Waals surface area (Å²) in [6, 6.07) is 12.9. The van der Waals surface area contributed by atoms with Gasteiger partial charge in [0.05, 0.1) is 12.7 Å². The molecule has 0 aliphatic carbocycles. The quantitative estimate of drug-likeness (QED) is 0.706. The fourth-order valence-corrected chi connectivity index (χ4v) is 2.11. The fourth-order valence-electron chi connectivity index (χ4n) is 2.11. The summed E-state index contributed by atoms with van der Waals surface area (Å²) in [6.07, 6.45) is 3.36. The fraction of sp³-hybridized carbons (Fsp3) is 0.0625. The molecule has 0 N–H and O–H groups in total. The van der Waals surface area contributed by atoms with E-state index in [1.807, 2.05) is 6.07 Å². The van der Waals surface area contributed by atoms with E-state index in [1.165, 1.54) is 18.2 Å². The highest BCUT2D eigenvalue weighted by Gasteiger charge is 2.07. The molecule has 0 aliphatic heterocycles. The molecular weight excluding hydrogens is 258 g/mol. The van der Waals surface area contributed by atoms with Gasteiger partial charge in [0.2, 0.25) is 0 Å². The van der Waals surface area contributed by atoms with Crippen molar-refractivity contribution in [2.75, 3.05) is 0 Å². The van der Waals surface area contributed by atoms with E-state index < -0.39 is 0 Å². The summed E-state index contributed by atoms with van der Waals surface area (Å²) in [5.74, 6) is -0.554. The molecule has 3 rings (SSSR count). The van der Waals surface area contributed by atoms with Gasteiger partial charge in [-0.15, -0.1) is 0 Å². The van der Waals surface area contributed by atoms with Crippen molar-refractivity contribution in [2.24, 2.45) is 0 Å². The zero-order chi connectivity index (χ0) is 13.9. The first-order valence-corrected chi connectivity index (χ1v) is 6.24. The molecule has 2 nitrogen and oxygen atoms in total. The molecule has 2 aromatic carbocycles. The van der Waals surface area contributed by atoms with Gasteiger partial charge in [-0.3, -0.25) is 4.68 Å². The molecule has 100 valence electrons. The van der Waals surface area contributed by atoms with Crippen molar-refractivity contribution >= 4 is 0 Å². The number of hydrogen-bond donors (Lipinski definition) is 0. The van der Waals surface area contributed by atoms with E-state index in [2.05, 4.69) is 5.10 Å². The van der Waals surface area contributed by atoms with Crippen LogP contribution in [0.4, 0.5) is 8.78 Å². The molecule has 0 spiro atoms. The summed E-state index contributed by atoms with van der Waals surface area (Å²) < 4.78 is 28.5. The largest absolute Gasteiger partial charge is 0.268 e. The SMILES string of the molecule is Fc1cccc(Cn2cc(-c3ccccc3F)cn2)c1. The van der Waals surface area contributed by atoms with Crippen molar-refractivity contribution in [3.05, 3.63) is 78.1 Å². The minimum atomic E-state index is -0.280. The van der Waals surface area contributed by atoms with Crippen LogP contribution in [0.5, 0.6) is 0 Å². The Morgan fingerprint density at radius 2 is 1.85 bits per heavy atom. The Labute approximate surface area is 115 Å². The third-order valence-corrected chi connectivity index (χ3v) is 3.05. The Bertz CT molecular complexity index is 735. The first-order chi connectivity index (χ1) is 9.72. The average molecular weight is 270 g/mol. The van der Waals surface area contributed by atoms with Gasteiger partial charge < -0.3 is 0 Å². The van der Waals surface area contributed by atoms with E-state index in [0.29, 0.717) is 17.7 Å². The van der Waals surface area contributed by atoms with E-state index in [1.54, 1.807) is 41.3 Å². The monoisotopic (exact) mass is 270 g/mol. The summed E-state index contributed by atoms with van der Waals surface area (Å²) >= 11 is 0. The van der Waals surface area contributed by atoms with Crippen LogP contribution < -0.4 is 0 Å². The minimum absolute atomic E-state index is 0.274. The summed E-state index contributed by atoms with van der Waals surface area (Å²) in [7, 11) is 0. The lowest BCUT2D eigenvalue weighted by molar-refractivity contribution is 0.619. The van der Waals surface area contributed by atoms with Gasteiger partial charge in [-0.1, -0.05) is 30.3 Å². The van der Waals surface area contributed by atoms with Crippen LogP contribution in [-0.2, 0) is 6.54 Å². The molecule has 0 bridgehead atoms. The van der Waals surface area contributed by atoms with Gasteiger partial charge in [0.1, 0.15) is 11.6 Å². The molecule has 0 saturated heterocycles. The van der Waals surface area contributed by atoms with Gasteiger partial charge in [0.25, 0.3) is 0 Å². The van der Waals surface area contributed by atoms with E-state index in [0.717, 1.165) is 5.56 Å². The molecule has 0 aliphatic rings. The summed E-state index contributed by atoms with van der Waals surface area (Å²) in [4.78, 5) is 0. The van der Waals surface area contributed by atoms with Crippen LogP contribution in [0.1, 0.15) is 5.56 Å². The van der Waals surface area contributed by atoms with Gasteiger partial charge >= 0.3 is 0 Å². The molecule has 0 amide bonds.